The highest BCUT2D eigenvalue weighted by atomic mass is 35.5. The molecule has 20 heavy (non-hydrogen) atoms. The second-order valence-corrected chi connectivity index (χ2v) is 5.64. The van der Waals surface area contributed by atoms with E-state index in [1.807, 2.05) is 13.0 Å². The molecule has 1 aliphatic rings. The van der Waals surface area contributed by atoms with E-state index in [2.05, 4.69) is 0 Å². The van der Waals surface area contributed by atoms with Crippen molar-refractivity contribution < 1.29 is 14.2 Å². The average Bonchev–Trinajstić information content (AvgIpc) is 2.42. The van der Waals surface area contributed by atoms with Crippen LogP contribution in [0.3, 0.4) is 0 Å². The Balaban J connectivity index is 2.26. The maximum absolute atomic E-state index is 6.15. The Morgan fingerprint density at radius 2 is 2.10 bits per heavy atom. The molecule has 0 aliphatic carbocycles. The Bertz CT molecular complexity index is 445. The zero-order valence-electron chi connectivity index (χ0n) is 12.0. The van der Waals surface area contributed by atoms with Gasteiger partial charge in [-0.15, -0.1) is 0 Å². The molecular weight excluding hydrogens is 278 g/mol. The fourth-order valence-corrected chi connectivity index (χ4v) is 2.60. The topological polar surface area (TPSA) is 53.7 Å². The zero-order chi connectivity index (χ0) is 14.5. The van der Waals surface area contributed by atoms with Crippen LogP contribution in [0.5, 0.6) is 11.5 Å². The molecule has 5 heteroatoms. The van der Waals surface area contributed by atoms with Crippen molar-refractivity contribution in [3.63, 3.8) is 0 Å². The molecule has 1 heterocycles. The molecule has 0 radical (unpaired) electrons. The van der Waals surface area contributed by atoms with Gasteiger partial charge in [0.05, 0.1) is 20.3 Å². The number of methoxy groups -OCH3 is 1. The average molecular weight is 300 g/mol. The molecule has 0 amide bonds. The maximum Gasteiger partial charge on any atom is 0.164 e. The van der Waals surface area contributed by atoms with Crippen LogP contribution in [0.4, 0.5) is 0 Å². The van der Waals surface area contributed by atoms with E-state index in [-0.39, 0.29) is 12.1 Å². The third-order valence-electron chi connectivity index (χ3n) is 3.31. The van der Waals surface area contributed by atoms with Gasteiger partial charge in [0.25, 0.3) is 0 Å². The molecule has 2 rings (SSSR count). The molecule has 0 saturated carbocycles. The molecule has 1 saturated heterocycles. The Hall–Kier alpha value is -0.970. The summed E-state index contributed by atoms with van der Waals surface area (Å²) in [4.78, 5) is 0. The first kappa shape index (κ1) is 15.4. The van der Waals surface area contributed by atoms with E-state index in [0.29, 0.717) is 17.2 Å². The summed E-state index contributed by atoms with van der Waals surface area (Å²) < 4.78 is 16.9. The third-order valence-corrected chi connectivity index (χ3v) is 3.53. The Labute approximate surface area is 125 Å². The number of rotatable bonds is 5. The Morgan fingerprint density at radius 3 is 2.70 bits per heavy atom. The number of nitrogens with two attached hydrogens (primary N) is 1. The van der Waals surface area contributed by atoms with Crippen molar-refractivity contribution in [2.24, 2.45) is 5.73 Å². The number of benzene rings is 1. The Morgan fingerprint density at radius 1 is 1.40 bits per heavy atom. The lowest BCUT2D eigenvalue weighted by atomic mass is 10.1. The second-order valence-electron chi connectivity index (χ2n) is 5.21. The van der Waals surface area contributed by atoms with E-state index in [1.165, 1.54) is 0 Å². The first-order valence-corrected chi connectivity index (χ1v) is 7.34. The second kappa shape index (κ2) is 7.16. The van der Waals surface area contributed by atoms with Gasteiger partial charge < -0.3 is 19.9 Å². The largest absolute Gasteiger partial charge is 0.493 e. The van der Waals surface area contributed by atoms with E-state index >= 15 is 0 Å². The molecule has 4 nitrogen and oxygen atoms in total. The van der Waals surface area contributed by atoms with Crippen LogP contribution in [0.1, 0.15) is 25.3 Å². The normalized spacial score (nSPS) is 17.8. The summed E-state index contributed by atoms with van der Waals surface area (Å²) in [5, 5.41) is 0.636. The summed E-state index contributed by atoms with van der Waals surface area (Å²) in [6.45, 7) is 3.44. The fourth-order valence-electron chi connectivity index (χ4n) is 2.37. The van der Waals surface area contributed by atoms with Crippen molar-refractivity contribution in [3.8, 4) is 11.5 Å². The molecule has 0 spiro atoms. The molecule has 1 aromatic carbocycles. The van der Waals surface area contributed by atoms with Gasteiger partial charge in [-0.1, -0.05) is 11.6 Å². The van der Waals surface area contributed by atoms with Gasteiger partial charge in [-0.05, 0) is 19.4 Å². The van der Waals surface area contributed by atoms with Crippen LogP contribution in [0.25, 0.3) is 0 Å². The molecule has 1 atom stereocenters. The van der Waals surface area contributed by atoms with Gasteiger partial charge in [0.15, 0.2) is 11.5 Å². The van der Waals surface area contributed by atoms with Gasteiger partial charge in [-0.2, -0.15) is 0 Å². The summed E-state index contributed by atoms with van der Waals surface area (Å²) in [6.07, 6.45) is 2.65. The van der Waals surface area contributed by atoms with Crippen molar-refractivity contribution in [1.29, 1.82) is 0 Å². The van der Waals surface area contributed by atoms with E-state index in [1.54, 1.807) is 13.2 Å². The summed E-state index contributed by atoms with van der Waals surface area (Å²) in [5.41, 5.74) is 6.90. The molecule has 112 valence electrons. The third kappa shape index (κ3) is 4.01. The van der Waals surface area contributed by atoms with Crippen molar-refractivity contribution in [2.75, 3.05) is 20.3 Å². The van der Waals surface area contributed by atoms with Gasteiger partial charge in [-0.3, -0.25) is 0 Å². The maximum atomic E-state index is 6.15. The highest BCUT2D eigenvalue weighted by molar-refractivity contribution is 6.30. The van der Waals surface area contributed by atoms with Crippen LogP contribution >= 0.6 is 11.6 Å². The van der Waals surface area contributed by atoms with Gasteiger partial charge in [0.1, 0.15) is 6.10 Å². The highest BCUT2D eigenvalue weighted by Gasteiger charge is 2.20. The minimum atomic E-state index is 0.0372. The summed E-state index contributed by atoms with van der Waals surface area (Å²) in [6, 6.07) is 3.72. The predicted molar refractivity (Wildman–Crippen MR) is 79.8 cm³/mol. The first-order valence-electron chi connectivity index (χ1n) is 6.96. The highest BCUT2D eigenvalue weighted by Crippen LogP contribution is 2.37. The quantitative estimate of drug-likeness (QED) is 0.908. The van der Waals surface area contributed by atoms with Gasteiger partial charge in [0, 0.05) is 35.5 Å². The molecule has 0 bridgehead atoms. The van der Waals surface area contributed by atoms with Crippen molar-refractivity contribution in [3.05, 3.63) is 22.7 Å². The van der Waals surface area contributed by atoms with Crippen LogP contribution in [-0.4, -0.2) is 32.5 Å². The van der Waals surface area contributed by atoms with Gasteiger partial charge in [0.2, 0.25) is 0 Å². The molecule has 1 aliphatic heterocycles. The monoisotopic (exact) mass is 299 g/mol. The van der Waals surface area contributed by atoms with Crippen molar-refractivity contribution in [1.82, 2.24) is 0 Å². The van der Waals surface area contributed by atoms with E-state index in [4.69, 9.17) is 31.5 Å². The standard InChI is InChI=1S/C15H22ClNO3/c1-10(17)7-11-8-12(16)9-14(18-2)15(11)20-13-3-5-19-6-4-13/h8-10,13H,3-7,17H2,1-2H3. The smallest absolute Gasteiger partial charge is 0.164 e. The number of hydrogen-bond donors (Lipinski definition) is 1. The minimum absolute atomic E-state index is 0.0372. The summed E-state index contributed by atoms with van der Waals surface area (Å²) in [5.74, 6) is 1.43. The van der Waals surface area contributed by atoms with Crippen molar-refractivity contribution in [2.45, 2.75) is 38.3 Å². The Kier molecular flexibility index (Phi) is 5.52. The van der Waals surface area contributed by atoms with Gasteiger partial charge in [-0.25, -0.2) is 0 Å². The molecule has 1 aromatic rings. The van der Waals surface area contributed by atoms with Crippen LogP contribution < -0.4 is 15.2 Å². The summed E-state index contributed by atoms with van der Waals surface area (Å²) >= 11 is 6.13. The van der Waals surface area contributed by atoms with Crippen LogP contribution in [-0.2, 0) is 11.2 Å². The molecule has 1 fully saturated rings. The van der Waals surface area contributed by atoms with Gasteiger partial charge >= 0.3 is 0 Å². The summed E-state index contributed by atoms with van der Waals surface area (Å²) in [7, 11) is 1.62. The molecule has 2 N–H and O–H groups in total. The lowest BCUT2D eigenvalue weighted by molar-refractivity contribution is 0.0241. The van der Waals surface area contributed by atoms with Crippen LogP contribution in [0.2, 0.25) is 5.02 Å². The number of hydrogen-bond acceptors (Lipinski definition) is 4. The SMILES string of the molecule is COc1cc(Cl)cc(CC(C)N)c1OC1CCOCC1. The molecule has 1 unspecified atom stereocenters. The van der Waals surface area contributed by atoms with E-state index in [0.717, 1.165) is 37.4 Å². The van der Waals surface area contributed by atoms with E-state index in [9.17, 15) is 0 Å². The van der Waals surface area contributed by atoms with E-state index < -0.39 is 0 Å². The first-order chi connectivity index (χ1) is 9.60. The lowest BCUT2D eigenvalue weighted by Crippen LogP contribution is -2.27. The van der Waals surface area contributed by atoms with Crippen LogP contribution in [0.15, 0.2) is 12.1 Å². The molecule has 0 aromatic heterocycles. The molecular formula is C15H22ClNO3. The lowest BCUT2D eigenvalue weighted by Gasteiger charge is -2.26. The minimum Gasteiger partial charge on any atom is -0.493 e. The number of ether oxygens (including phenoxy) is 3. The fraction of sp³-hybridized carbons (Fsp3) is 0.600. The van der Waals surface area contributed by atoms with Crippen LogP contribution in [0, 0.1) is 0 Å². The zero-order valence-corrected chi connectivity index (χ0v) is 12.8. The number of halogens is 1. The predicted octanol–water partition coefficient (Wildman–Crippen LogP) is 2.80. The van der Waals surface area contributed by atoms with Crippen molar-refractivity contribution >= 4 is 11.6 Å².